The van der Waals surface area contributed by atoms with Crippen LogP contribution in [-0.4, -0.2) is 16.5 Å². The van der Waals surface area contributed by atoms with Crippen molar-refractivity contribution in [2.75, 3.05) is 0 Å². The molecule has 0 saturated carbocycles. The zero-order valence-corrected chi connectivity index (χ0v) is 11.2. The van der Waals surface area contributed by atoms with Gasteiger partial charge in [0, 0.05) is 2.91 Å². The monoisotopic (exact) mass is 354 g/mol. The molecule has 2 rings (SSSR count). The van der Waals surface area contributed by atoms with Gasteiger partial charge in [-0.2, -0.15) is 21.0 Å². The van der Waals surface area contributed by atoms with Gasteiger partial charge in [0.2, 0.25) is 0 Å². The Hall–Kier alpha value is -1.26. The first-order valence-electron chi connectivity index (χ1n) is 4.46. The van der Waals surface area contributed by atoms with Gasteiger partial charge in [0.15, 0.2) is 0 Å². The minimum absolute atomic E-state index is 0.524. The number of halogens is 1. The maximum Gasteiger partial charge on any atom is 0.256 e. The Labute approximate surface area is 115 Å². The number of ether oxygens (including phenoxy) is 1. The zero-order valence-electron chi connectivity index (χ0n) is 8.22. The summed E-state index contributed by atoms with van der Waals surface area (Å²) < 4.78 is 6.10. The molecule has 82 valence electrons. The Morgan fingerprint density at radius 3 is 2.12 bits per heavy atom. The van der Waals surface area contributed by atoms with E-state index in [1.54, 1.807) is 30.4 Å². The van der Waals surface area contributed by atoms with Gasteiger partial charge in [0.1, 0.15) is 24.3 Å². The molecule has 2 heterocycles. The standard InChI is InChI=1S/C10H3IN4OS/c11-7-1-6-8(17-7)10(4-14,5-15)16-9(6,2-12)3-13/h1,6,8H. The van der Waals surface area contributed by atoms with Crippen LogP contribution in [0.15, 0.2) is 8.99 Å². The average Bonchev–Trinajstić information content (AvgIpc) is 2.85. The summed E-state index contributed by atoms with van der Waals surface area (Å²) in [7, 11) is 0. The average molecular weight is 354 g/mol. The molecule has 0 N–H and O–H groups in total. The number of nitrogens with zero attached hydrogens (tertiary/aromatic N) is 4. The van der Waals surface area contributed by atoms with E-state index < -0.39 is 22.4 Å². The molecule has 0 spiro atoms. The van der Waals surface area contributed by atoms with Crippen molar-refractivity contribution in [1.29, 1.82) is 21.0 Å². The van der Waals surface area contributed by atoms with Gasteiger partial charge in [-0.25, -0.2) is 0 Å². The van der Waals surface area contributed by atoms with Gasteiger partial charge in [-0.05, 0) is 22.6 Å². The Bertz CT molecular complexity index is 545. The Balaban J connectivity index is 2.60. The van der Waals surface area contributed by atoms with E-state index in [0.717, 1.165) is 2.91 Å². The molecule has 2 atom stereocenters. The van der Waals surface area contributed by atoms with Crippen molar-refractivity contribution in [3.8, 4) is 24.3 Å². The molecule has 0 bridgehead atoms. The fourth-order valence-corrected chi connectivity index (χ4v) is 4.34. The summed E-state index contributed by atoms with van der Waals surface area (Å²) in [5.41, 5.74) is -3.47. The predicted octanol–water partition coefficient (Wildman–Crippen LogP) is 1.60. The van der Waals surface area contributed by atoms with E-state index >= 15 is 0 Å². The summed E-state index contributed by atoms with van der Waals surface area (Å²) in [5.74, 6) is -0.548. The van der Waals surface area contributed by atoms with Crippen molar-refractivity contribution < 1.29 is 4.74 Å². The van der Waals surface area contributed by atoms with E-state index in [1.165, 1.54) is 11.8 Å². The van der Waals surface area contributed by atoms with Crippen LogP contribution >= 0.6 is 34.4 Å². The molecular weight excluding hydrogens is 351 g/mol. The molecule has 2 aliphatic heterocycles. The first kappa shape index (κ1) is 12.2. The summed E-state index contributed by atoms with van der Waals surface area (Å²) in [6.45, 7) is 0. The zero-order chi connectivity index (χ0) is 12.7. The first-order valence-corrected chi connectivity index (χ1v) is 6.42. The summed E-state index contributed by atoms with van der Waals surface area (Å²) in [5, 5.41) is 35.9. The largest absolute Gasteiger partial charge is 0.311 e. The lowest BCUT2D eigenvalue weighted by atomic mass is 9.86. The first-order chi connectivity index (χ1) is 8.07. The van der Waals surface area contributed by atoms with Gasteiger partial charge in [-0.3, -0.25) is 0 Å². The molecule has 0 aliphatic carbocycles. The van der Waals surface area contributed by atoms with E-state index in [2.05, 4.69) is 0 Å². The minimum atomic E-state index is -1.74. The van der Waals surface area contributed by atoms with Gasteiger partial charge < -0.3 is 4.74 Å². The summed E-state index contributed by atoms with van der Waals surface area (Å²) >= 11 is 3.35. The second-order valence-electron chi connectivity index (χ2n) is 3.56. The quantitative estimate of drug-likeness (QED) is 0.612. The molecule has 1 fully saturated rings. The van der Waals surface area contributed by atoms with E-state index in [-0.39, 0.29) is 0 Å². The molecule has 7 heteroatoms. The van der Waals surface area contributed by atoms with Crippen LogP contribution in [0.5, 0.6) is 0 Å². The smallest absolute Gasteiger partial charge is 0.256 e. The second kappa shape index (κ2) is 3.89. The summed E-state index contributed by atoms with van der Waals surface area (Å²) in [6.07, 6.45) is 1.72. The highest BCUT2D eigenvalue weighted by Gasteiger charge is 2.66. The topological polar surface area (TPSA) is 104 Å². The van der Waals surface area contributed by atoms with Crippen LogP contribution in [0.25, 0.3) is 0 Å². The molecule has 0 aromatic rings. The van der Waals surface area contributed by atoms with Gasteiger partial charge in [-0.15, -0.1) is 11.8 Å². The highest BCUT2D eigenvalue weighted by Crippen LogP contribution is 2.56. The van der Waals surface area contributed by atoms with E-state index in [0.29, 0.717) is 0 Å². The molecule has 17 heavy (non-hydrogen) atoms. The molecular formula is C10H3IN4OS. The lowest BCUT2D eigenvalue weighted by Gasteiger charge is -2.17. The Kier molecular flexibility index (Phi) is 2.79. The highest BCUT2D eigenvalue weighted by atomic mass is 127. The van der Waals surface area contributed by atoms with Crippen LogP contribution in [-0.2, 0) is 4.74 Å². The van der Waals surface area contributed by atoms with Crippen LogP contribution in [0.4, 0.5) is 0 Å². The second-order valence-corrected chi connectivity index (χ2v) is 6.63. The molecule has 0 aromatic heterocycles. The van der Waals surface area contributed by atoms with Crippen molar-refractivity contribution in [3.05, 3.63) is 8.99 Å². The van der Waals surface area contributed by atoms with Crippen molar-refractivity contribution in [2.24, 2.45) is 5.92 Å². The minimum Gasteiger partial charge on any atom is -0.311 e. The predicted molar refractivity (Wildman–Crippen MR) is 66.0 cm³/mol. The number of hydrogen-bond donors (Lipinski definition) is 0. The third kappa shape index (κ3) is 1.44. The van der Waals surface area contributed by atoms with Gasteiger partial charge in [-0.1, -0.05) is 6.08 Å². The van der Waals surface area contributed by atoms with Gasteiger partial charge in [0.05, 0.1) is 11.2 Å². The highest BCUT2D eigenvalue weighted by molar-refractivity contribution is 14.1. The molecule has 0 amide bonds. The number of hydrogen-bond acceptors (Lipinski definition) is 6. The number of nitriles is 4. The van der Waals surface area contributed by atoms with Crippen LogP contribution in [0.1, 0.15) is 0 Å². The summed E-state index contributed by atoms with van der Waals surface area (Å²) in [4.78, 5) is 0. The fourth-order valence-electron chi connectivity index (χ4n) is 1.93. The number of rotatable bonds is 0. The normalized spacial score (nSPS) is 31.2. The van der Waals surface area contributed by atoms with Crippen LogP contribution in [0.2, 0.25) is 0 Å². The van der Waals surface area contributed by atoms with Crippen molar-refractivity contribution in [2.45, 2.75) is 16.5 Å². The third-order valence-corrected chi connectivity index (χ3v) is 5.10. The molecule has 5 nitrogen and oxygen atoms in total. The van der Waals surface area contributed by atoms with Gasteiger partial charge in [0.25, 0.3) is 11.2 Å². The number of fused-ring (bicyclic) bond motifs is 1. The van der Waals surface area contributed by atoms with Crippen LogP contribution < -0.4 is 0 Å². The SMILES string of the molecule is N#CC1(C#N)OC(C#N)(C#N)C2SC(I)=CC21. The lowest BCUT2D eigenvalue weighted by molar-refractivity contribution is 0.0155. The maximum absolute atomic E-state index is 9.12. The number of thioether (sulfide) groups is 1. The van der Waals surface area contributed by atoms with Crippen molar-refractivity contribution >= 4 is 34.4 Å². The summed E-state index contributed by atoms with van der Waals surface area (Å²) in [6, 6.07) is 7.19. The lowest BCUT2D eigenvalue weighted by Crippen LogP contribution is -2.35. The molecule has 2 unspecified atom stereocenters. The fraction of sp³-hybridized carbons (Fsp3) is 0.400. The molecule has 0 radical (unpaired) electrons. The third-order valence-electron chi connectivity index (χ3n) is 2.73. The van der Waals surface area contributed by atoms with Crippen LogP contribution in [0.3, 0.4) is 0 Å². The Morgan fingerprint density at radius 2 is 1.65 bits per heavy atom. The van der Waals surface area contributed by atoms with E-state index in [1.807, 2.05) is 22.6 Å². The van der Waals surface area contributed by atoms with Gasteiger partial charge >= 0.3 is 0 Å². The van der Waals surface area contributed by atoms with Crippen LogP contribution in [0, 0.1) is 51.2 Å². The maximum atomic E-state index is 9.12. The van der Waals surface area contributed by atoms with E-state index in [4.69, 9.17) is 25.8 Å². The molecule has 0 aromatic carbocycles. The molecule has 1 saturated heterocycles. The Morgan fingerprint density at radius 1 is 1.12 bits per heavy atom. The molecule has 2 aliphatic rings. The van der Waals surface area contributed by atoms with E-state index in [9.17, 15) is 0 Å². The van der Waals surface area contributed by atoms with Crippen molar-refractivity contribution in [1.82, 2.24) is 0 Å². The van der Waals surface area contributed by atoms with Crippen molar-refractivity contribution in [3.63, 3.8) is 0 Å².